The molecule has 7 heteroatoms. The van der Waals surface area contributed by atoms with Crippen LogP contribution in [-0.4, -0.2) is 17.0 Å². The van der Waals surface area contributed by atoms with Crippen molar-refractivity contribution in [3.05, 3.63) is 70.5 Å². The largest absolute Gasteiger partial charge is 0.478 e. The molecule has 1 aliphatic carbocycles. The highest BCUT2D eigenvalue weighted by molar-refractivity contribution is 5.92. The molecule has 26 heavy (non-hydrogen) atoms. The topological polar surface area (TPSA) is 66.4 Å². The number of aromatic carboxylic acids is 1. The van der Waals surface area contributed by atoms with Gasteiger partial charge in [-0.25, -0.2) is 18.0 Å². The fourth-order valence-corrected chi connectivity index (χ4v) is 2.99. The minimum atomic E-state index is -1.64. The predicted octanol–water partition coefficient (Wildman–Crippen LogP) is 3.61. The summed E-state index contributed by atoms with van der Waals surface area (Å²) >= 11 is 0. The first-order chi connectivity index (χ1) is 12.4. The molecule has 2 N–H and O–H groups in total. The van der Waals surface area contributed by atoms with E-state index >= 15 is 0 Å². The number of carbonyl (C=O) groups excluding carboxylic acids is 1. The molecule has 2 aromatic rings. The monoisotopic (exact) mass is 363 g/mol. The van der Waals surface area contributed by atoms with Gasteiger partial charge in [0.25, 0.3) is 0 Å². The Morgan fingerprint density at radius 1 is 1.12 bits per heavy atom. The zero-order valence-electron chi connectivity index (χ0n) is 13.6. The van der Waals surface area contributed by atoms with E-state index in [1.165, 1.54) is 18.2 Å². The van der Waals surface area contributed by atoms with E-state index < -0.39 is 52.9 Å². The minimum Gasteiger partial charge on any atom is -0.478 e. The number of halogens is 3. The van der Waals surface area contributed by atoms with Gasteiger partial charge in [0.1, 0.15) is 23.0 Å². The van der Waals surface area contributed by atoms with Crippen LogP contribution in [0.3, 0.4) is 0 Å². The van der Waals surface area contributed by atoms with Crippen molar-refractivity contribution in [2.75, 3.05) is 0 Å². The van der Waals surface area contributed by atoms with Gasteiger partial charge in [-0.2, -0.15) is 0 Å². The number of carboxylic acid groups (broad SMARTS) is 1. The zero-order valence-corrected chi connectivity index (χ0v) is 13.6. The maximum absolute atomic E-state index is 14.0. The molecule has 0 saturated heterocycles. The lowest BCUT2D eigenvalue weighted by Gasteiger charge is -2.19. The van der Waals surface area contributed by atoms with E-state index in [1.807, 2.05) is 0 Å². The summed E-state index contributed by atoms with van der Waals surface area (Å²) in [6.45, 7) is 0. The Hall–Kier alpha value is -2.83. The molecule has 1 atom stereocenters. The first kappa shape index (κ1) is 18.0. The van der Waals surface area contributed by atoms with Crippen molar-refractivity contribution in [3.63, 3.8) is 0 Å². The number of carboxylic acids is 1. The third kappa shape index (κ3) is 3.87. The van der Waals surface area contributed by atoms with Crippen molar-refractivity contribution in [1.82, 2.24) is 5.32 Å². The molecule has 0 aromatic heterocycles. The molecule has 0 spiro atoms. The predicted molar refractivity (Wildman–Crippen MR) is 87.0 cm³/mol. The number of rotatable bonds is 6. The maximum atomic E-state index is 14.0. The summed E-state index contributed by atoms with van der Waals surface area (Å²) in [5, 5.41) is 11.8. The SMILES string of the molecule is O=C(Cc1c(F)ccc(F)c1C(=O)O)NC(c1cccc(F)c1)C1CC1. The quantitative estimate of drug-likeness (QED) is 0.824. The molecule has 2 aromatic carbocycles. The van der Waals surface area contributed by atoms with Gasteiger partial charge < -0.3 is 10.4 Å². The van der Waals surface area contributed by atoms with E-state index in [-0.39, 0.29) is 5.92 Å². The highest BCUT2D eigenvalue weighted by Gasteiger charge is 2.34. The summed E-state index contributed by atoms with van der Waals surface area (Å²) in [5.41, 5.74) is -0.781. The maximum Gasteiger partial charge on any atom is 0.339 e. The molecular formula is C19H16F3NO3. The van der Waals surface area contributed by atoms with Crippen LogP contribution in [0.5, 0.6) is 0 Å². The third-order valence-corrected chi connectivity index (χ3v) is 4.37. The van der Waals surface area contributed by atoms with Crippen molar-refractivity contribution < 1.29 is 27.9 Å². The van der Waals surface area contributed by atoms with Gasteiger partial charge in [-0.3, -0.25) is 4.79 Å². The Morgan fingerprint density at radius 2 is 1.81 bits per heavy atom. The number of amides is 1. The van der Waals surface area contributed by atoms with Gasteiger partial charge in [-0.05, 0) is 48.6 Å². The van der Waals surface area contributed by atoms with Crippen LogP contribution >= 0.6 is 0 Å². The second-order valence-electron chi connectivity index (χ2n) is 6.30. The molecule has 1 amide bonds. The van der Waals surface area contributed by atoms with Crippen LogP contribution in [0.4, 0.5) is 13.2 Å². The molecule has 3 rings (SSSR count). The van der Waals surface area contributed by atoms with Crippen LogP contribution < -0.4 is 5.32 Å². The standard InChI is InChI=1S/C19H16F3NO3/c20-12-3-1-2-11(8-12)18(10-4-5-10)23-16(24)9-13-14(21)6-7-15(22)17(13)19(25)26/h1-3,6-8,10,18H,4-5,9H2,(H,23,24)(H,25,26). The molecule has 1 unspecified atom stereocenters. The van der Waals surface area contributed by atoms with Crippen LogP contribution in [0.1, 0.15) is 40.4 Å². The van der Waals surface area contributed by atoms with E-state index in [2.05, 4.69) is 5.32 Å². The molecule has 1 saturated carbocycles. The molecular weight excluding hydrogens is 347 g/mol. The summed E-state index contributed by atoms with van der Waals surface area (Å²) in [7, 11) is 0. The number of hydrogen-bond acceptors (Lipinski definition) is 2. The zero-order chi connectivity index (χ0) is 18.8. The van der Waals surface area contributed by atoms with Crippen LogP contribution in [0, 0.1) is 23.4 Å². The smallest absolute Gasteiger partial charge is 0.339 e. The van der Waals surface area contributed by atoms with Crippen molar-refractivity contribution >= 4 is 11.9 Å². The summed E-state index contributed by atoms with van der Waals surface area (Å²) in [6, 6.07) is 6.85. The van der Waals surface area contributed by atoms with Crippen molar-refractivity contribution in [2.45, 2.75) is 25.3 Å². The van der Waals surface area contributed by atoms with E-state index in [0.29, 0.717) is 11.6 Å². The van der Waals surface area contributed by atoms with Crippen molar-refractivity contribution in [2.24, 2.45) is 5.92 Å². The van der Waals surface area contributed by atoms with E-state index in [4.69, 9.17) is 5.11 Å². The number of nitrogens with one attached hydrogen (secondary N) is 1. The Morgan fingerprint density at radius 3 is 2.42 bits per heavy atom. The molecule has 1 aliphatic rings. The number of hydrogen-bond donors (Lipinski definition) is 2. The van der Waals surface area contributed by atoms with E-state index in [0.717, 1.165) is 18.9 Å². The average Bonchev–Trinajstić information content (AvgIpc) is 3.40. The first-order valence-corrected chi connectivity index (χ1v) is 8.12. The summed E-state index contributed by atoms with van der Waals surface area (Å²) in [5.74, 6) is -4.67. The number of benzene rings is 2. The first-order valence-electron chi connectivity index (χ1n) is 8.12. The Bertz CT molecular complexity index is 865. The van der Waals surface area contributed by atoms with Gasteiger partial charge in [0.05, 0.1) is 12.5 Å². The molecule has 0 aliphatic heterocycles. The molecule has 0 radical (unpaired) electrons. The van der Waals surface area contributed by atoms with Gasteiger partial charge >= 0.3 is 5.97 Å². The Kier molecular flexibility index (Phi) is 4.97. The second-order valence-corrected chi connectivity index (χ2v) is 6.30. The molecule has 1 fully saturated rings. The van der Waals surface area contributed by atoms with Crippen LogP contribution in [0.2, 0.25) is 0 Å². The molecule has 0 heterocycles. The van der Waals surface area contributed by atoms with Gasteiger partial charge in [-0.1, -0.05) is 12.1 Å². The molecule has 136 valence electrons. The van der Waals surface area contributed by atoms with Crippen LogP contribution in [0.15, 0.2) is 36.4 Å². The van der Waals surface area contributed by atoms with E-state index in [9.17, 15) is 22.8 Å². The minimum absolute atomic E-state index is 0.136. The lowest BCUT2D eigenvalue weighted by atomic mass is 10.00. The third-order valence-electron chi connectivity index (χ3n) is 4.37. The number of carbonyl (C=O) groups is 2. The highest BCUT2D eigenvalue weighted by Crippen LogP contribution is 2.41. The average molecular weight is 363 g/mol. The summed E-state index contributed by atoms with van der Waals surface area (Å²) in [4.78, 5) is 23.6. The van der Waals surface area contributed by atoms with E-state index in [1.54, 1.807) is 6.07 Å². The van der Waals surface area contributed by atoms with Crippen molar-refractivity contribution in [3.8, 4) is 0 Å². The van der Waals surface area contributed by atoms with Gasteiger partial charge in [0.15, 0.2) is 0 Å². The van der Waals surface area contributed by atoms with Gasteiger partial charge in [0.2, 0.25) is 5.91 Å². The second kappa shape index (κ2) is 7.19. The summed E-state index contributed by atoms with van der Waals surface area (Å²) in [6.07, 6.45) is 1.09. The molecule has 4 nitrogen and oxygen atoms in total. The van der Waals surface area contributed by atoms with Crippen LogP contribution in [0.25, 0.3) is 0 Å². The molecule has 0 bridgehead atoms. The van der Waals surface area contributed by atoms with Gasteiger partial charge in [-0.15, -0.1) is 0 Å². The van der Waals surface area contributed by atoms with Gasteiger partial charge in [0, 0.05) is 5.56 Å². The highest BCUT2D eigenvalue weighted by atomic mass is 19.1. The normalized spacial score (nSPS) is 14.7. The Labute approximate surface area is 147 Å². The summed E-state index contributed by atoms with van der Waals surface area (Å²) < 4.78 is 41.2. The fraction of sp³-hybridized carbons (Fsp3) is 0.263. The van der Waals surface area contributed by atoms with Crippen LogP contribution in [-0.2, 0) is 11.2 Å². The fourth-order valence-electron chi connectivity index (χ4n) is 2.99. The lowest BCUT2D eigenvalue weighted by molar-refractivity contribution is -0.121. The van der Waals surface area contributed by atoms with Crippen molar-refractivity contribution in [1.29, 1.82) is 0 Å². The lowest BCUT2D eigenvalue weighted by Crippen LogP contribution is -2.32. The Balaban J connectivity index is 1.82.